The Balaban J connectivity index is 1.75. The number of halogens is 1. The van der Waals surface area contributed by atoms with Gasteiger partial charge in [-0.1, -0.05) is 34.1 Å². The average molecular weight is 332 g/mol. The van der Waals surface area contributed by atoms with E-state index in [1.807, 2.05) is 18.2 Å². The molecule has 2 aromatic rings. The first-order valence-electron chi connectivity index (χ1n) is 6.44. The zero-order valence-electron chi connectivity index (χ0n) is 10.8. The summed E-state index contributed by atoms with van der Waals surface area (Å²) < 4.78 is 1.08. The first-order chi connectivity index (χ1) is 9.61. The van der Waals surface area contributed by atoms with Gasteiger partial charge < -0.3 is 5.11 Å². The average Bonchev–Trinajstić information content (AvgIpc) is 2.79. The molecule has 0 unspecified atom stereocenters. The summed E-state index contributed by atoms with van der Waals surface area (Å²) in [6, 6.07) is 13.7. The fraction of sp³-hybridized carbons (Fsp3) is 0.188. The first kappa shape index (κ1) is 13.3. The van der Waals surface area contributed by atoms with E-state index in [1.165, 1.54) is 11.1 Å². The molecule has 0 saturated heterocycles. The number of hydrogen-bond acceptors (Lipinski definition) is 2. The van der Waals surface area contributed by atoms with E-state index in [0.29, 0.717) is 5.56 Å². The molecule has 0 saturated carbocycles. The Kier molecular flexibility index (Phi) is 3.59. The molecule has 102 valence electrons. The van der Waals surface area contributed by atoms with E-state index in [0.717, 1.165) is 29.7 Å². The summed E-state index contributed by atoms with van der Waals surface area (Å²) >= 11 is 3.48. The summed E-state index contributed by atoms with van der Waals surface area (Å²) in [6.45, 7) is 2.56. The number of benzene rings is 2. The molecular weight excluding hydrogens is 318 g/mol. The highest BCUT2D eigenvalue weighted by molar-refractivity contribution is 9.10. The van der Waals surface area contributed by atoms with Crippen molar-refractivity contribution in [3.8, 4) is 0 Å². The van der Waals surface area contributed by atoms with Crippen LogP contribution in [0.2, 0.25) is 0 Å². The molecule has 1 N–H and O–H groups in total. The van der Waals surface area contributed by atoms with Gasteiger partial charge in [0.2, 0.25) is 0 Å². The van der Waals surface area contributed by atoms with Gasteiger partial charge in [0.15, 0.2) is 0 Å². The summed E-state index contributed by atoms with van der Waals surface area (Å²) in [6.07, 6.45) is 0. The van der Waals surface area contributed by atoms with Crippen LogP contribution in [0.4, 0.5) is 0 Å². The van der Waals surface area contributed by atoms with Gasteiger partial charge in [-0.05, 0) is 41.0 Å². The van der Waals surface area contributed by atoms with Crippen LogP contribution in [0.1, 0.15) is 27.0 Å². The van der Waals surface area contributed by atoms with Crippen molar-refractivity contribution in [1.82, 2.24) is 4.90 Å². The maximum absolute atomic E-state index is 11.0. The van der Waals surface area contributed by atoms with Gasteiger partial charge in [0.1, 0.15) is 0 Å². The van der Waals surface area contributed by atoms with Gasteiger partial charge in [-0.3, -0.25) is 4.90 Å². The Labute approximate surface area is 126 Å². The minimum Gasteiger partial charge on any atom is -0.478 e. The number of hydrogen-bond donors (Lipinski definition) is 1. The highest BCUT2D eigenvalue weighted by atomic mass is 79.9. The Morgan fingerprint density at radius 2 is 1.95 bits per heavy atom. The maximum Gasteiger partial charge on any atom is 0.335 e. The maximum atomic E-state index is 11.0. The lowest BCUT2D eigenvalue weighted by Gasteiger charge is -2.14. The quantitative estimate of drug-likeness (QED) is 0.932. The lowest BCUT2D eigenvalue weighted by atomic mass is 10.1. The number of rotatable bonds is 3. The number of aromatic carboxylic acids is 1. The molecule has 0 spiro atoms. The largest absolute Gasteiger partial charge is 0.478 e. The van der Waals surface area contributed by atoms with Crippen LogP contribution in [-0.2, 0) is 19.6 Å². The zero-order chi connectivity index (χ0) is 14.1. The minimum absolute atomic E-state index is 0.369. The van der Waals surface area contributed by atoms with Crippen LogP contribution < -0.4 is 0 Å². The number of carboxylic acids is 1. The van der Waals surface area contributed by atoms with Gasteiger partial charge in [0, 0.05) is 24.1 Å². The van der Waals surface area contributed by atoms with E-state index >= 15 is 0 Å². The van der Waals surface area contributed by atoms with Crippen molar-refractivity contribution in [1.29, 1.82) is 0 Å². The van der Waals surface area contributed by atoms with Gasteiger partial charge in [-0.15, -0.1) is 0 Å². The molecule has 3 nitrogen and oxygen atoms in total. The van der Waals surface area contributed by atoms with Crippen LogP contribution >= 0.6 is 15.9 Å². The number of carboxylic acid groups (broad SMARTS) is 1. The molecule has 1 heterocycles. The van der Waals surface area contributed by atoms with Gasteiger partial charge >= 0.3 is 5.97 Å². The van der Waals surface area contributed by atoms with Crippen molar-refractivity contribution in [2.45, 2.75) is 19.6 Å². The molecule has 1 aliphatic heterocycles. The van der Waals surface area contributed by atoms with E-state index in [4.69, 9.17) is 5.11 Å². The number of carbonyl (C=O) groups is 1. The molecule has 0 amide bonds. The smallest absolute Gasteiger partial charge is 0.335 e. The topological polar surface area (TPSA) is 40.5 Å². The van der Waals surface area contributed by atoms with Crippen LogP contribution in [0.15, 0.2) is 46.9 Å². The fourth-order valence-electron chi connectivity index (χ4n) is 2.60. The summed E-state index contributed by atoms with van der Waals surface area (Å²) in [5, 5.41) is 9.03. The molecule has 0 bridgehead atoms. The Hall–Kier alpha value is -1.65. The standard InChI is InChI=1S/C16H14BrNO2/c17-15-3-1-2-11(6-15)8-18-9-13-5-4-12(16(19)20)7-14(13)10-18/h1-7H,8-10H2,(H,19,20). The lowest BCUT2D eigenvalue weighted by molar-refractivity contribution is 0.0696. The minimum atomic E-state index is -0.863. The van der Waals surface area contributed by atoms with Gasteiger partial charge in [0.25, 0.3) is 0 Å². The van der Waals surface area contributed by atoms with Crippen molar-refractivity contribution in [3.63, 3.8) is 0 Å². The van der Waals surface area contributed by atoms with Crippen LogP contribution in [-0.4, -0.2) is 16.0 Å². The van der Waals surface area contributed by atoms with Crippen LogP contribution in [0.5, 0.6) is 0 Å². The molecule has 4 heteroatoms. The van der Waals surface area contributed by atoms with E-state index in [-0.39, 0.29) is 0 Å². The highest BCUT2D eigenvalue weighted by Gasteiger charge is 2.20. The van der Waals surface area contributed by atoms with Crippen molar-refractivity contribution >= 4 is 21.9 Å². The fourth-order valence-corrected chi connectivity index (χ4v) is 3.05. The molecule has 0 radical (unpaired) electrons. The third kappa shape index (κ3) is 2.76. The molecule has 2 aromatic carbocycles. The summed E-state index contributed by atoms with van der Waals surface area (Å²) in [5.74, 6) is -0.863. The molecule has 0 aromatic heterocycles. The molecule has 0 aliphatic carbocycles. The molecule has 0 fully saturated rings. The van der Waals surface area contributed by atoms with Crippen molar-refractivity contribution in [2.75, 3.05) is 0 Å². The molecule has 20 heavy (non-hydrogen) atoms. The van der Waals surface area contributed by atoms with Crippen LogP contribution in [0.3, 0.4) is 0 Å². The SMILES string of the molecule is O=C(O)c1ccc2c(c1)CN(Cc1cccc(Br)c1)C2. The number of nitrogens with zero attached hydrogens (tertiary/aromatic N) is 1. The van der Waals surface area contributed by atoms with Gasteiger partial charge in [-0.25, -0.2) is 4.79 Å². The first-order valence-corrected chi connectivity index (χ1v) is 7.23. The number of fused-ring (bicyclic) bond motifs is 1. The van der Waals surface area contributed by atoms with E-state index in [1.54, 1.807) is 12.1 Å². The summed E-state index contributed by atoms with van der Waals surface area (Å²) in [5.41, 5.74) is 3.98. The molecule has 1 aliphatic rings. The van der Waals surface area contributed by atoms with Crippen molar-refractivity contribution in [2.24, 2.45) is 0 Å². The monoisotopic (exact) mass is 331 g/mol. The highest BCUT2D eigenvalue weighted by Crippen LogP contribution is 2.26. The predicted octanol–water partition coefficient (Wildman–Crippen LogP) is 3.66. The van der Waals surface area contributed by atoms with Gasteiger partial charge in [0.05, 0.1) is 5.56 Å². The van der Waals surface area contributed by atoms with Gasteiger partial charge in [-0.2, -0.15) is 0 Å². The Bertz CT molecular complexity index is 669. The lowest BCUT2D eigenvalue weighted by Crippen LogP contribution is -2.15. The van der Waals surface area contributed by atoms with Crippen molar-refractivity contribution in [3.05, 3.63) is 69.2 Å². The van der Waals surface area contributed by atoms with E-state index < -0.39 is 5.97 Å². The summed E-state index contributed by atoms with van der Waals surface area (Å²) in [7, 11) is 0. The Morgan fingerprint density at radius 3 is 2.70 bits per heavy atom. The third-order valence-corrected chi connectivity index (χ3v) is 4.03. The third-order valence-electron chi connectivity index (χ3n) is 3.54. The van der Waals surface area contributed by atoms with Crippen LogP contribution in [0.25, 0.3) is 0 Å². The normalized spacial score (nSPS) is 14.2. The second-order valence-electron chi connectivity index (χ2n) is 5.06. The Morgan fingerprint density at radius 1 is 1.15 bits per heavy atom. The van der Waals surface area contributed by atoms with Crippen molar-refractivity contribution < 1.29 is 9.90 Å². The second-order valence-corrected chi connectivity index (χ2v) is 5.98. The van der Waals surface area contributed by atoms with E-state index in [9.17, 15) is 4.79 Å². The molecular formula is C16H14BrNO2. The van der Waals surface area contributed by atoms with Crippen LogP contribution in [0, 0.1) is 0 Å². The summed E-state index contributed by atoms with van der Waals surface area (Å²) in [4.78, 5) is 13.3. The van der Waals surface area contributed by atoms with E-state index in [2.05, 4.69) is 33.0 Å². The second kappa shape index (κ2) is 5.38. The predicted molar refractivity (Wildman–Crippen MR) is 80.5 cm³/mol. The molecule has 0 atom stereocenters. The molecule has 3 rings (SSSR count). The zero-order valence-corrected chi connectivity index (χ0v) is 12.4.